The lowest BCUT2D eigenvalue weighted by Gasteiger charge is -2.40. The average molecular weight is 168 g/mol. The van der Waals surface area contributed by atoms with Crippen molar-refractivity contribution < 1.29 is 9.47 Å². The van der Waals surface area contributed by atoms with E-state index in [0.29, 0.717) is 12.6 Å². The van der Waals surface area contributed by atoms with Crippen molar-refractivity contribution in [2.75, 3.05) is 32.9 Å². The van der Waals surface area contributed by atoms with Gasteiger partial charge in [-0.2, -0.15) is 5.26 Å². The van der Waals surface area contributed by atoms with Crippen LogP contribution in [0.3, 0.4) is 0 Å². The number of ether oxygens (including phenoxy) is 2. The molecule has 0 amide bonds. The Labute approximate surface area is 71.7 Å². The van der Waals surface area contributed by atoms with Crippen LogP contribution in [0.2, 0.25) is 0 Å². The van der Waals surface area contributed by atoms with Gasteiger partial charge in [0, 0.05) is 13.1 Å². The number of nitriles is 1. The summed E-state index contributed by atoms with van der Waals surface area (Å²) >= 11 is 0. The third-order valence-electron chi connectivity index (χ3n) is 2.38. The maximum absolute atomic E-state index is 8.65. The Balaban J connectivity index is 1.95. The molecule has 0 spiro atoms. The first-order chi connectivity index (χ1) is 5.90. The Kier molecular flexibility index (Phi) is 2.26. The van der Waals surface area contributed by atoms with E-state index < -0.39 is 0 Å². The number of fused-ring (bicyclic) bond motifs is 1. The van der Waals surface area contributed by atoms with Crippen molar-refractivity contribution in [3.05, 3.63) is 0 Å². The lowest BCUT2D eigenvalue weighted by atomic mass is 10.2. The Bertz CT molecular complexity index is 202. The largest absolute Gasteiger partial charge is 0.378 e. The summed E-state index contributed by atoms with van der Waals surface area (Å²) in [7, 11) is 0. The van der Waals surface area contributed by atoms with E-state index in [-0.39, 0.29) is 6.10 Å². The first kappa shape index (κ1) is 7.99. The highest BCUT2D eigenvalue weighted by Crippen LogP contribution is 2.14. The fraction of sp³-hybridized carbons (Fsp3) is 0.875. The summed E-state index contributed by atoms with van der Waals surface area (Å²) in [6.07, 6.45) is -0.237. The van der Waals surface area contributed by atoms with E-state index in [1.54, 1.807) is 0 Å². The van der Waals surface area contributed by atoms with Crippen LogP contribution in [0, 0.1) is 11.3 Å². The van der Waals surface area contributed by atoms with Crippen LogP contribution in [-0.4, -0.2) is 50.0 Å². The zero-order valence-corrected chi connectivity index (χ0v) is 6.90. The number of morpholine rings is 2. The molecule has 66 valence electrons. The van der Waals surface area contributed by atoms with E-state index >= 15 is 0 Å². The van der Waals surface area contributed by atoms with Crippen LogP contribution in [0.15, 0.2) is 0 Å². The third-order valence-corrected chi connectivity index (χ3v) is 2.38. The molecule has 0 aromatic heterocycles. The van der Waals surface area contributed by atoms with Crippen LogP contribution < -0.4 is 0 Å². The van der Waals surface area contributed by atoms with Crippen LogP contribution >= 0.6 is 0 Å². The van der Waals surface area contributed by atoms with E-state index in [2.05, 4.69) is 11.0 Å². The Morgan fingerprint density at radius 3 is 3.17 bits per heavy atom. The molecule has 0 radical (unpaired) electrons. The molecule has 0 aromatic carbocycles. The normalized spacial score (nSPS) is 36.9. The molecule has 4 heteroatoms. The van der Waals surface area contributed by atoms with Gasteiger partial charge in [-0.1, -0.05) is 0 Å². The molecule has 0 aliphatic carbocycles. The summed E-state index contributed by atoms with van der Waals surface area (Å²) in [6, 6.07) is 2.51. The van der Waals surface area contributed by atoms with Gasteiger partial charge in [0.05, 0.1) is 31.9 Å². The molecule has 0 saturated carbocycles. The predicted octanol–water partition coefficient (Wildman–Crippen LogP) is -0.390. The fourth-order valence-electron chi connectivity index (χ4n) is 1.65. The molecule has 2 atom stereocenters. The maximum atomic E-state index is 8.65. The van der Waals surface area contributed by atoms with Crippen LogP contribution in [0.1, 0.15) is 0 Å². The third kappa shape index (κ3) is 1.44. The second kappa shape index (κ2) is 3.40. The Hall–Kier alpha value is -0.630. The van der Waals surface area contributed by atoms with Crippen molar-refractivity contribution in [2.45, 2.75) is 12.1 Å². The van der Waals surface area contributed by atoms with Gasteiger partial charge >= 0.3 is 0 Å². The molecule has 2 fully saturated rings. The topological polar surface area (TPSA) is 45.5 Å². The minimum absolute atomic E-state index is 0.237. The molecule has 12 heavy (non-hydrogen) atoms. The highest BCUT2D eigenvalue weighted by atomic mass is 16.5. The summed E-state index contributed by atoms with van der Waals surface area (Å²) in [5, 5.41) is 8.65. The van der Waals surface area contributed by atoms with E-state index in [1.807, 2.05) is 0 Å². The van der Waals surface area contributed by atoms with E-state index in [4.69, 9.17) is 14.7 Å². The van der Waals surface area contributed by atoms with Gasteiger partial charge in [-0.25, -0.2) is 0 Å². The summed E-state index contributed by atoms with van der Waals surface area (Å²) in [6.45, 7) is 3.85. The van der Waals surface area contributed by atoms with Gasteiger partial charge in [0.2, 0.25) is 0 Å². The molecule has 0 N–H and O–H groups in total. The quantitative estimate of drug-likeness (QED) is 0.494. The van der Waals surface area contributed by atoms with Crippen molar-refractivity contribution in [1.29, 1.82) is 5.26 Å². The van der Waals surface area contributed by atoms with Gasteiger partial charge < -0.3 is 9.47 Å². The van der Waals surface area contributed by atoms with Crippen LogP contribution in [-0.2, 0) is 9.47 Å². The SMILES string of the molecule is N#C[C@@H]1CN2CCOC[C@H]2CO1. The Morgan fingerprint density at radius 1 is 1.42 bits per heavy atom. The standard InChI is InChI=1S/C8H12N2O2/c9-3-8-4-10-1-2-11-5-7(10)6-12-8/h7-8H,1-2,4-6H2/t7-,8+/m0/s1. The second-order valence-corrected chi connectivity index (χ2v) is 3.17. The summed E-state index contributed by atoms with van der Waals surface area (Å²) in [5.41, 5.74) is 0. The number of hydrogen-bond acceptors (Lipinski definition) is 4. The van der Waals surface area contributed by atoms with Crippen molar-refractivity contribution in [2.24, 2.45) is 0 Å². The minimum atomic E-state index is -0.237. The first-order valence-corrected chi connectivity index (χ1v) is 4.23. The summed E-state index contributed by atoms with van der Waals surface area (Å²) < 4.78 is 10.6. The zero-order chi connectivity index (χ0) is 8.39. The molecular formula is C8H12N2O2. The molecule has 0 bridgehead atoms. The van der Waals surface area contributed by atoms with Crippen molar-refractivity contribution >= 4 is 0 Å². The molecule has 4 nitrogen and oxygen atoms in total. The number of hydrogen-bond donors (Lipinski definition) is 0. The molecule has 0 unspecified atom stereocenters. The minimum Gasteiger partial charge on any atom is -0.378 e. The lowest BCUT2D eigenvalue weighted by molar-refractivity contribution is -0.101. The molecule has 2 heterocycles. The molecule has 0 aromatic rings. The average Bonchev–Trinajstić information content (AvgIpc) is 2.17. The highest BCUT2D eigenvalue weighted by molar-refractivity contribution is 4.93. The number of nitrogens with zero attached hydrogens (tertiary/aromatic N) is 2. The monoisotopic (exact) mass is 168 g/mol. The van der Waals surface area contributed by atoms with Crippen molar-refractivity contribution in [3.8, 4) is 6.07 Å². The summed E-state index contributed by atoms with van der Waals surface area (Å²) in [5.74, 6) is 0. The van der Waals surface area contributed by atoms with Crippen molar-refractivity contribution in [1.82, 2.24) is 4.90 Å². The van der Waals surface area contributed by atoms with E-state index in [1.165, 1.54) is 0 Å². The van der Waals surface area contributed by atoms with Crippen LogP contribution in [0.5, 0.6) is 0 Å². The maximum Gasteiger partial charge on any atom is 0.156 e. The van der Waals surface area contributed by atoms with E-state index in [9.17, 15) is 0 Å². The van der Waals surface area contributed by atoms with Gasteiger partial charge in [-0.3, -0.25) is 4.90 Å². The first-order valence-electron chi connectivity index (χ1n) is 4.23. The molecule has 2 rings (SSSR count). The van der Waals surface area contributed by atoms with Gasteiger partial charge in [-0.05, 0) is 0 Å². The fourth-order valence-corrected chi connectivity index (χ4v) is 1.65. The second-order valence-electron chi connectivity index (χ2n) is 3.17. The van der Waals surface area contributed by atoms with Gasteiger partial charge in [-0.15, -0.1) is 0 Å². The lowest BCUT2D eigenvalue weighted by Crippen LogP contribution is -2.55. The smallest absolute Gasteiger partial charge is 0.156 e. The predicted molar refractivity (Wildman–Crippen MR) is 41.5 cm³/mol. The summed E-state index contributed by atoms with van der Waals surface area (Å²) in [4.78, 5) is 2.28. The molecule has 2 saturated heterocycles. The van der Waals surface area contributed by atoms with Crippen LogP contribution in [0.25, 0.3) is 0 Å². The highest BCUT2D eigenvalue weighted by Gasteiger charge is 2.30. The zero-order valence-electron chi connectivity index (χ0n) is 6.90. The van der Waals surface area contributed by atoms with Gasteiger partial charge in [0.15, 0.2) is 6.10 Å². The van der Waals surface area contributed by atoms with Crippen LogP contribution in [0.4, 0.5) is 0 Å². The molecular weight excluding hydrogens is 156 g/mol. The molecule has 2 aliphatic rings. The van der Waals surface area contributed by atoms with Gasteiger partial charge in [0.1, 0.15) is 0 Å². The molecule has 2 aliphatic heterocycles. The van der Waals surface area contributed by atoms with E-state index in [0.717, 1.165) is 26.3 Å². The van der Waals surface area contributed by atoms with Crippen molar-refractivity contribution in [3.63, 3.8) is 0 Å². The Morgan fingerprint density at radius 2 is 2.33 bits per heavy atom. The van der Waals surface area contributed by atoms with Gasteiger partial charge in [0.25, 0.3) is 0 Å². The number of rotatable bonds is 0.